The van der Waals surface area contributed by atoms with Crippen molar-refractivity contribution in [3.8, 4) is 5.75 Å². The first kappa shape index (κ1) is 25.7. The molecular formula is C26H25BrClFN2O3. The third-order valence-corrected chi connectivity index (χ3v) is 6.02. The number of nitrogens with zero attached hydrogens (tertiary/aromatic N) is 1. The normalized spacial score (nSPS) is 11.5. The predicted molar refractivity (Wildman–Crippen MR) is 134 cm³/mol. The Labute approximate surface area is 212 Å². The average Bonchev–Trinajstić information content (AvgIpc) is 2.82. The lowest BCUT2D eigenvalue weighted by Crippen LogP contribution is -2.51. The van der Waals surface area contributed by atoms with E-state index in [1.165, 1.54) is 11.0 Å². The van der Waals surface area contributed by atoms with Crippen LogP contribution in [0, 0.1) is 5.82 Å². The lowest BCUT2D eigenvalue weighted by molar-refractivity contribution is -0.142. The minimum Gasteiger partial charge on any atom is -0.483 e. The maximum atomic E-state index is 14.5. The molecular weight excluding hydrogens is 523 g/mol. The summed E-state index contributed by atoms with van der Waals surface area (Å²) in [5.74, 6) is -0.779. The molecule has 0 aromatic heterocycles. The minimum absolute atomic E-state index is 0.0781. The fourth-order valence-corrected chi connectivity index (χ4v) is 4.27. The summed E-state index contributed by atoms with van der Waals surface area (Å²) in [6, 6.07) is 19.7. The van der Waals surface area contributed by atoms with Crippen molar-refractivity contribution in [1.82, 2.24) is 10.2 Å². The number of halogens is 3. The lowest BCUT2D eigenvalue weighted by atomic mass is 10.0. The SMILES string of the molecule is CCNC(=O)[C@@H](Cc1ccccc1)N(Cc1ccccc1F)C(=O)COc1ccc(Cl)cc1Br. The molecule has 178 valence electrons. The second-order valence-electron chi connectivity index (χ2n) is 7.58. The first-order valence-electron chi connectivity index (χ1n) is 10.8. The summed E-state index contributed by atoms with van der Waals surface area (Å²) in [7, 11) is 0. The van der Waals surface area contributed by atoms with Crippen molar-refractivity contribution in [2.45, 2.75) is 25.9 Å². The third kappa shape index (κ3) is 7.05. The lowest BCUT2D eigenvalue weighted by Gasteiger charge is -2.31. The molecule has 0 unspecified atom stereocenters. The van der Waals surface area contributed by atoms with Gasteiger partial charge in [0.05, 0.1) is 4.47 Å². The Morgan fingerprint density at radius 3 is 2.47 bits per heavy atom. The van der Waals surface area contributed by atoms with Crippen molar-refractivity contribution in [2.24, 2.45) is 0 Å². The van der Waals surface area contributed by atoms with E-state index in [0.717, 1.165) is 5.56 Å². The molecule has 5 nitrogen and oxygen atoms in total. The van der Waals surface area contributed by atoms with Gasteiger partial charge in [-0.25, -0.2) is 4.39 Å². The second kappa shape index (κ2) is 12.5. The fourth-order valence-electron chi connectivity index (χ4n) is 3.47. The minimum atomic E-state index is -0.855. The number of carbonyl (C=O) groups is 2. The Balaban J connectivity index is 1.91. The summed E-state index contributed by atoms with van der Waals surface area (Å²) in [5, 5.41) is 3.32. The molecule has 0 radical (unpaired) electrons. The predicted octanol–water partition coefficient (Wildman–Crippen LogP) is 5.40. The van der Waals surface area contributed by atoms with E-state index in [2.05, 4.69) is 21.2 Å². The van der Waals surface area contributed by atoms with Crippen molar-refractivity contribution in [2.75, 3.05) is 13.2 Å². The van der Waals surface area contributed by atoms with Crippen LogP contribution in [0.3, 0.4) is 0 Å². The molecule has 1 atom stereocenters. The van der Waals surface area contributed by atoms with E-state index in [1.807, 2.05) is 37.3 Å². The van der Waals surface area contributed by atoms with Crippen LogP contribution >= 0.6 is 27.5 Å². The maximum Gasteiger partial charge on any atom is 0.261 e. The third-order valence-electron chi connectivity index (χ3n) is 5.17. The summed E-state index contributed by atoms with van der Waals surface area (Å²) >= 11 is 9.34. The zero-order valence-electron chi connectivity index (χ0n) is 18.6. The number of amides is 2. The van der Waals surface area contributed by atoms with Gasteiger partial charge in [-0.3, -0.25) is 9.59 Å². The Kier molecular flexibility index (Phi) is 9.48. The molecule has 0 aliphatic rings. The molecule has 0 fully saturated rings. The summed E-state index contributed by atoms with van der Waals surface area (Å²) < 4.78 is 20.8. The highest BCUT2D eigenvalue weighted by Gasteiger charge is 2.31. The zero-order valence-corrected chi connectivity index (χ0v) is 21.0. The molecule has 3 rings (SSSR count). The quantitative estimate of drug-likeness (QED) is 0.370. The molecule has 3 aromatic rings. The Bertz CT molecular complexity index is 1130. The molecule has 0 heterocycles. The molecule has 0 saturated carbocycles. The van der Waals surface area contributed by atoms with Crippen LogP contribution in [-0.4, -0.2) is 35.9 Å². The van der Waals surface area contributed by atoms with E-state index in [9.17, 15) is 14.0 Å². The smallest absolute Gasteiger partial charge is 0.261 e. The highest BCUT2D eigenvalue weighted by Crippen LogP contribution is 2.28. The van der Waals surface area contributed by atoms with E-state index in [4.69, 9.17) is 16.3 Å². The van der Waals surface area contributed by atoms with Gasteiger partial charge in [0.1, 0.15) is 17.6 Å². The number of benzene rings is 3. The Hall–Kier alpha value is -2.90. The standard InChI is InChI=1S/C26H25BrClFN2O3/c1-2-30-26(33)23(14-18-8-4-3-5-9-18)31(16-19-10-6-7-11-22(19)29)25(32)17-34-24-13-12-20(28)15-21(24)27/h3-13,15,23H,2,14,16-17H2,1H3,(H,30,33)/t23-/m1/s1. The number of likely N-dealkylation sites (N-methyl/N-ethyl adjacent to an activating group) is 1. The Morgan fingerprint density at radius 1 is 1.09 bits per heavy atom. The van der Waals surface area contributed by atoms with Crippen LogP contribution in [0.25, 0.3) is 0 Å². The van der Waals surface area contributed by atoms with Gasteiger partial charge < -0.3 is 15.0 Å². The van der Waals surface area contributed by atoms with E-state index >= 15 is 0 Å². The van der Waals surface area contributed by atoms with Crippen LogP contribution in [0.5, 0.6) is 5.75 Å². The number of ether oxygens (including phenoxy) is 1. The summed E-state index contributed by atoms with van der Waals surface area (Å²) in [4.78, 5) is 27.9. The van der Waals surface area contributed by atoms with Crippen LogP contribution < -0.4 is 10.1 Å². The highest BCUT2D eigenvalue weighted by atomic mass is 79.9. The van der Waals surface area contributed by atoms with E-state index in [1.54, 1.807) is 36.4 Å². The molecule has 0 aliphatic carbocycles. The van der Waals surface area contributed by atoms with Gasteiger partial charge in [-0.05, 0) is 52.7 Å². The molecule has 0 spiro atoms. The van der Waals surface area contributed by atoms with Gasteiger partial charge in [0.2, 0.25) is 5.91 Å². The molecule has 34 heavy (non-hydrogen) atoms. The fraction of sp³-hybridized carbons (Fsp3) is 0.231. The van der Waals surface area contributed by atoms with Crippen LogP contribution in [0.1, 0.15) is 18.1 Å². The molecule has 1 N–H and O–H groups in total. The number of carbonyl (C=O) groups excluding carboxylic acids is 2. The topological polar surface area (TPSA) is 58.6 Å². The van der Waals surface area contributed by atoms with Crippen LogP contribution in [0.4, 0.5) is 4.39 Å². The number of hydrogen-bond donors (Lipinski definition) is 1. The molecule has 2 amide bonds. The van der Waals surface area contributed by atoms with Crippen molar-refractivity contribution in [3.63, 3.8) is 0 Å². The highest BCUT2D eigenvalue weighted by molar-refractivity contribution is 9.10. The van der Waals surface area contributed by atoms with E-state index < -0.39 is 17.8 Å². The van der Waals surface area contributed by atoms with E-state index in [0.29, 0.717) is 27.4 Å². The summed E-state index contributed by atoms with van der Waals surface area (Å²) in [6.07, 6.45) is 0.275. The second-order valence-corrected chi connectivity index (χ2v) is 8.87. The zero-order chi connectivity index (χ0) is 24.5. The molecule has 0 bridgehead atoms. The molecule has 0 aliphatic heterocycles. The van der Waals surface area contributed by atoms with Gasteiger partial charge in [0.15, 0.2) is 6.61 Å². The summed E-state index contributed by atoms with van der Waals surface area (Å²) in [5.41, 5.74) is 1.19. The van der Waals surface area contributed by atoms with Crippen LogP contribution in [0.2, 0.25) is 5.02 Å². The number of nitrogens with one attached hydrogen (secondary N) is 1. The van der Waals surface area contributed by atoms with Gasteiger partial charge in [0.25, 0.3) is 5.91 Å². The molecule has 8 heteroatoms. The summed E-state index contributed by atoms with van der Waals surface area (Å²) in [6.45, 7) is 1.80. The van der Waals surface area contributed by atoms with Crippen molar-refractivity contribution in [1.29, 1.82) is 0 Å². The average molecular weight is 548 g/mol. The largest absolute Gasteiger partial charge is 0.483 e. The molecule has 0 saturated heterocycles. The Morgan fingerprint density at radius 2 is 1.79 bits per heavy atom. The number of rotatable bonds is 10. The maximum absolute atomic E-state index is 14.5. The van der Waals surface area contributed by atoms with Gasteiger partial charge in [-0.2, -0.15) is 0 Å². The van der Waals surface area contributed by atoms with E-state index in [-0.39, 0.29) is 25.5 Å². The van der Waals surface area contributed by atoms with Crippen molar-refractivity contribution >= 4 is 39.3 Å². The first-order valence-corrected chi connectivity index (χ1v) is 12.0. The monoisotopic (exact) mass is 546 g/mol. The van der Waals surface area contributed by atoms with Gasteiger partial charge >= 0.3 is 0 Å². The van der Waals surface area contributed by atoms with Crippen LogP contribution in [-0.2, 0) is 22.6 Å². The number of hydrogen-bond acceptors (Lipinski definition) is 3. The molecule has 3 aromatic carbocycles. The first-order chi connectivity index (χ1) is 16.4. The van der Waals surface area contributed by atoms with Gasteiger partial charge in [0, 0.05) is 30.1 Å². The van der Waals surface area contributed by atoms with Gasteiger partial charge in [-0.1, -0.05) is 60.1 Å². The van der Waals surface area contributed by atoms with Gasteiger partial charge in [-0.15, -0.1) is 0 Å². The van der Waals surface area contributed by atoms with Crippen molar-refractivity contribution in [3.05, 3.63) is 99.2 Å². The van der Waals surface area contributed by atoms with Crippen molar-refractivity contribution < 1.29 is 18.7 Å². The van der Waals surface area contributed by atoms with Crippen LogP contribution in [0.15, 0.2) is 77.3 Å².